The lowest BCUT2D eigenvalue weighted by molar-refractivity contribution is 0.0700. The maximum absolute atomic E-state index is 12.6. The van der Waals surface area contributed by atoms with E-state index < -0.39 is 0 Å². The molecule has 134 valence electrons. The standard InChI is InChI=1S/C17H19N7OS/c1-11-7-21-17(26-11)23-15-14(19-4-5-20-15)12-3-2-6-24(9-12)16(25)13-8-18-10-22-13/h4-5,7-8,10,12H,2-3,6,9H2,1H3,(H,18,22)(H,20,21,23)/t12-/m0/s1. The number of H-pyrrole nitrogens is 1. The summed E-state index contributed by atoms with van der Waals surface area (Å²) in [5.74, 6) is 0.816. The number of likely N-dealkylation sites (tertiary alicyclic amines) is 1. The molecule has 4 heterocycles. The zero-order valence-corrected chi connectivity index (χ0v) is 15.2. The van der Waals surface area contributed by atoms with Crippen LogP contribution >= 0.6 is 11.3 Å². The molecule has 1 aliphatic rings. The van der Waals surface area contributed by atoms with Crippen LogP contribution in [0.25, 0.3) is 0 Å². The summed E-state index contributed by atoms with van der Waals surface area (Å²) >= 11 is 1.58. The molecule has 8 nitrogen and oxygen atoms in total. The van der Waals surface area contributed by atoms with E-state index in [0.29, 0.717) is 18.1 Å². The largest absolute Gasteiger partial charge is 0.341 e. The first-order valence-corrected chi connectivity index (χ1v) is 9.30. The molecular weight excluding hydrogens is 350 g/mol. The Morgan fingerprint density at radius 1 is 1.31 bits per heavy atom. The number of nitrogens with zero attached hydrogens (tertiary/aromatic N) is 5. The number of anilines is 2. The van der Waals surface area contributed by atoms with Crippen LogP contribution in [0.3, 0.4) is 0 Å². The minimum atomic E-state index is -0.0267. The van der Waals surface area contributed by atoms with Crippen LogP contribution in [0.1, 0.15) is 39.8 Å². The van der Waals surface area contributed by atoms with Crippen LogP contribution in [0, 0.1) is 6.92 Å². The smallest absolute Gasteiger partial charge is 0.271 e. The minimum absolute atomic E-state index is 0.0267. The fourth-order valence-electron chi connectivity index (χ4n) is 3.19. The summed E-state index contributed by atoms with van der Waals surface area (Å²) in [6.45, 7) is 3.37. The molecule has 1 aliphatic heterocycles. The van der Waals surface area contributed by atoms with Crippen LogP contribution in [-0.4, -0.2) is 48.8 Å². The zero-order valence-electron chi connectivity index (χ0n) is 14.3. The van der Waals surface area contributed by atoms with Crippen molar-refractivity contribution in [2.24, 2.45) is 0 Å². The van der Waals surface area contributed by atoms with Gasteiger partial charge in [0.2, 0.25) is 0 Å². The van der Waals surface area contributed by atoms with Gasteiger partial charge < -0.3 is 15.2 Å². The van der Waals surface area contributed by atoms with Gasteiger partial charge in [0.05, 0.1) is 18.2 Å². The molecule has 9 heteroatoms. The third-order valence-electron chi connectivity index (χ3n) is 4.40. The highest BCUT2D eigenvalue weighted by atomic mass is 32.1. The van der Waals surface area contributed by atoms with E-state index in [1.165, 1.54) is 6.33 Å². The number of hydrogen-bond acceptors (Lipinski definition) is 7. The molecule has 0 spiro atoms. The van der Waals surface area contributed by atoms with E-state index in [-0.39, 0.29) is 11.8 Å². The summed E-state index contributed by atoms with van der Waals surface area (Å²) in [4.78, 5) is 35.8. The van der Waals surface area contributed by atoms with Gasteiger partial charge in [-0.15, -0.1) is 11.3 Å². The number of amides is 1. The Hall–Kier alpha value is -2.81. The number of aromatic nitrogens is 5. The van der Waals surface area contributed by atoms with E-state index >= 15 is 0 Å². The lowest BCUT2D eigenvalue weighted by Crippen LogP contribution is -2.39. The summed E-state index contributed by atoms with van der Waals surface area (Å²) in [6, 6.07) is 0. The number of hydrogen-bond donors (Lipinski definition) is 2. The third-order valence-corrected chi connectivity index (χ3v) is 5.23. The van der Waals surface area contributed by atoms with Crippen LogP contribution in [0.5, 0.6) is 0 Å². The highest BCUT2D eigenvalue weighted by Crippen LogP contribution is 2.31. The molecule has 3 aromatic rings. The molecular formula is C17H19N7OS. The summed E-state index contributed by atoms with van der Waals surface area (Å²) in [5.41, 5.74) is 1.39. The lowest BCUT2D eigenvalue weighted by atomic mass is 9.94. The monoisotopic (exact) mass is 369 g/mol. The Balaban J connectivity index is 1.54. The summed E-state index contributed by atoms with van der Waals surface area (Å²) in [7, 11) is 0. The topological polar surface area (TPSA) is 99.7 Å². The van der Waals surface area contributed by atoms with E-state index in [1.54, 1.807) is 29.9 Å². The Bertz CT molecular complexity index is 892. The number of nitrogens with one attached hydrogen (secondary N) is 2. The summed E-state index contributed by atoms with van der Waals surface area (Å²) in [5, 5.41) is 4.07. The highest BCUT2D eigenvalue weighted by molar-refractivity contribution is 7.15. The van der Waals surface area contributed by atoms with Crippen molar-refractivity contribution in [3.63, 3.8) is 0 Å². The molecule has 26 heavy (non-hydrogen) atoms. The maximum atomic E-state index is 12.6. The normalized spacial score (nSPS) is 17.3. The molecule has 0 saturated carbocycles. The molecule has 1 fully saturated rings. The fraction of sp³-hybridized carbons (Fsp3) is 0.353. The first kappa shape index (κ1) is 16.6. The fourth-order valence-corrected chi connectivity index (χ4v) is 3.85. The molecule has 4 rings (SSSR count). The SMILES string of the molecule is Cc1cnc(Nc2nccnc2[C@H]2CCCN(C(=O)c3cnc[nH]3)C2)s1. The Labute approximate surface area is 154 Å². The first-order chi connectivity index (χ1) is 12.7. The van der Waals surface area contributed by atoms with Gasteiger partial charge in [-0.25, -0.2) is 15.0 Å². The maximum Gasteiger partial charge on any atom is 0.271 e. The summed E-state index contributed by atoms with van der Waals surface area (Å²) in [6.07, 6.45) is 10.2. The van der Waals surface area contributed by atoms with Crippen molar-refractivity contribution in [2.45, 2.75) is 25.7 Å². The average Bonchev–Trinajstić information content (AvgIpc) is 3.34. The second-order valence-corrected chi connectivity index (χ2v) is 7.48. The zero-order chi connectivity index (χ0) is 17.9. The van der Waals surface area contributed by atoms with Gasteiger partial charge in [-0.1, -0.05) is 0 Å². The quantitative estimate of drug-likeness (QED) is 0.733. The van der Waals surface area contributed by atoms with Crippen LogP contribution in [-0.2, 0) is 0 Å². The van der Waals surface area contributed by atoms with E-state index in [0.717, 1.165) is 35.1 Å². The number of imidazole rings is 1. The predicted molar refractivity (Wildman–Crippen MR) is 98.6 cm³/mol. The van der Waals surface area contributed by atoms with Gasteiger partial charge in [0, 0.05) is 42.5 Å². The van der Waals surface area contributed by atoms with E-state index in [1.807, 2.05) is 18.0 Å². The van der Waals surface area contributed by atoms with Gasteiger partial charge in [-0.2, -0.15) is 0 Å². The third kappa shape index (κ3) is 3.43. The number of thiazole rings is 1. The minimum Gasteiger partial charge on any atom is -0.341 e. The van der Waals surface area contributed by atoms with Gasteiger partial charge in [-0.3, -0.25) is 9.78 Å². The number of piperidine rings is 1. The van der Waals surface area contributed by atoms with Crippen LogP contribution in [0.4, 0.5) is 10.9 Å². The molecule has 0 radical (unpaired) electrons. The second-order valence-electron chi connectivity index (χ2n) is 6.25. The van der Waals surface area contributed by atoms with Gasteiger partial charge in [0.1, 0.15) is 5.69 Å². The van der Waals surface area contributed by atoms with E-state index in [9.17, 15) is 4.79 Å². The van der Waals surface area contributed by atoms with Gasteiger partial charge in [0.15, 0.2) is 10.9 Å². The van der Waals surface area contributed by atoms with Crippen molar-refractivity contribution in [1.82, 2.24) is 29.8 Å². The van der Waals surface area contributed by atoms with E-state index in [4.69, 9.17) is 0 Å². The van der Waals surface area contributed by atoms with Gasteiger partial charge in [-0.05, 0) is 19.8 Å². The Morgan fingerprint density at radius 3 is 2.96 bits per heavy atom. The summed E-state index contributed by atoms with van der Waals surface area (Å²) < 4.78 is 0. The van der Waals surface area contributed by atoms with Crippen molar-refractivity contribution in [3.8, 4) is 0 Å². The van der Waals surface area contributed by atoms with Crippen LogP contribution < -0.4 is 5.32 Å². The molecule has 1 saturated heterocycles. The molecule has 1 amide bonds. The van der Waals surface area contributed by atoms with Crippen LogP contribution in [0.15, 0.2) is 31.1 Å². The lowest BCUT2D eigenvalue weighted by Gasteiger charge is -2.32. The average molecular weight is 369 g/mol. The molecule has 0 bridgehead atoms. The number of rotatable bonds is 4. The Morgan fingerprint density at radius 2 is 2.19 bits per heavy atom. The van der Waals surface area contributed by atoms with Gasteiger partial charge in [0.25, 0.3) is 5.91 Å². The Kier molecular flexibility index (Phi) is 4.61. The second kappa shape index (κ2) is 7.20. The number of aromatic amines is 1. The number of carbonyl (C=O) groups excluding carboxylic acids is 1. The molecule has 1 atom stereocenters. The predicted octanol–water partition coefficient (Wildman–Crippen LogP) is 2.73. The number of carbonyl (C=O) groups is 1. The van der Waals surface area contributed by atoms with Crippen molar-refractivity contribution in [3.05, 3.63) is 47.4 Å². The van der Waals surface area contributed by atoms with Crippen LogP contribution in [0.2, 0.25) is 0 Å². The number of aryl methyl sites for hydroxylation is 1. The van der Waals surface area contributed by atoms with Crippen molar-refractivity contribution in [2.75, 3.05) is 18.4 Å². The molecule has 0 aromatic carbocycles. The molecule has 0 unspecified atom stereocenters. The molecule has 3 aromatic heterocycles. The first-order valence-electron chi connectivity index (χ1n) is 8.48. The molecule has 2 N–H and O–H groups in total. The van der Waals surface area contributed by atoms with Crippen molar-refractivity contribution >= 4 is 28.2 Å². The van der Waals surface area contributed by atoms with Gasteiger partial charge >= 0.3 is 0 Å². The van der Waals surface area contributed by atoms with Crippen molar-refractivity contribution in [1.29, 1.82) is 0 Å². The van der Waals surface area contributed by atoms with Crippen molar-refractivity contribution < 1.29 is 4.79 Å². The molecule has 0 aliphatic carbocycles. The van der Waals surface area contributed by atoms with E-state index in [2.05, 4.69) is 30.2 Å². The highest BCUT2D eigenvalue weighted by Gasteiger charge is 2.28.